The van der Waals surface area contributed by atoms with Gasteiger partial charge in [-0.1, -0.05) is 24.3 Å². The molecule has 1 N–H and O–H groups in total. The molecule has 2 aromatic carbocycles. The SMILES string of the molecule is N#Cc1ccc(-c2[nH]c3ccccc3c(=O)c2Cc2ccncc2)cc1. The Balaban J connectivity index is 1.95. The molecule has 0 saturated heterocycles. The van der Waals surface area contributed by atoms with Crippen molar-refractivity contribution in [1.29, 1.82) is 5.26 Å². The first kappa shape index (κ1) is 15.8. The molecule has 124 valence electrons. The van der Waals surface area contributed by atoms with Crippen LogP contribution in [0.2, 0.25) is 0 Å². The van der Waals surface area contributed by atoms with E-state index < -0.39 is 0 Å². The van der Waals surface area contributed by atoms with E-state index >= 15 is 0 Å². The molecule has 0 aliphatic rings. The predicted octanol–water partition coefficient (Wildman–Crippen LogP) is 4.05. The van der Waals surface area contributed by atoms with Crippen LogP contribution in [0.3, 0.4) is 0 Å². The van der Waals surface area contributed by atoms with Gasteiger partial charge < -0.3 is 4.98 Å². The quantitative estimate of drug-likeness (QED) is 0.613. The molecule has 0 fully saturated rings. The van der Waals surface area contributed by atoms with Gasteiger partial charge in [-0.05, 0) is 47.5 Å². The van der Waals surface area contributed by atoms with Crippen LogP contribution in [-0.4, -0.2) is 9.97 Å². The zero-order chi connectivity index (χ0) is 17.9. The Kier molecular flexibility index (Phi) is 4.04. The molecule has 0 aliphatic carbocycles. The standard InChI is InChI=1S/C22H15N3O/c23-14-16-5-7-17(8-6-16)21-19(13-15-9-11-24-12-10-15)22(26)18-3-1-2-4-20(18)25-21/h1-12H,13H2,(H,25,26). The molecule has 0 atom stereocenters. The summed E-state index contributed by atoms with van der Waals surface area (Å²) in [5.41, 5.74) is 4.82. The summed E-state index contributed by atoms with van der Waals surface area (Å²) in [4.78, 5) is 20.6. The Morgan fingerprint density at radius 1 is 0.962 bits per heavy atom. The summed E-state index contributed by atoms with van der Waals surface area (Å²) in [7, 11) is 0. The number of aromatic nitrogens is 2. The molecule has 4 aromatic rings. The lowest BCUT2D eigenvalue weighted by Crippen LogP contribution is -2.13. The first-order valence-electron chi connectivity index (χ1n) is 8.29. The van der Waals surface area contributed by atoms with Gasteiger partial charge in [0.15, 0.2) is 5.43 Å². The Hall–Kier alpha value is -3.71. The molecule has 0 amide bonds. The summed E-state index contributed by atoms with van der Waals surface area (Å²) in [6.45, 7) is 0. The van der Waals surface area contributed by atoms with Crippen LogP contribution in [0, 0.1) is 11.3 Å². The molecule has 0 saturated carbocycles. The lowest BCUT2D eigenvalue weighted by atomic mass is 9.97. The summed E-state index contributed by atoms with van der Waals surface area (Å²) in [6, 6.07) is 20.7. The van der Waals surface area contributed by atoms with Crippen LogP contribution in [0.1, 0.15) is 16.7 Å². The smallest absolute Gasteiger partial charge is 0.193 e. The highest BCUT2D eigenvalue weighted by Crippen LogP contribution is 2.24. The van der Waals surface area contributed by atoms with Gasteiger partial charge in [0.25, 0.3) is 0 Å². The number of para-hydroxylation sites is 1. The maximum atomic E-state index is 13.2. The van der Waals surface area contributed by atoms with E-state index in [9.17, 15) is 4.79 Å². The Morgan fingerprint density at radius 3 is 2.42 bits per heavy atom. The highest BCUT2D eigenvalue weighted by atomic mass is 16.1. The van der Waals surface area contributed by atoms with Crippen molar-refractivity contribution in [2.75, 3.05) is 0 Å². The summed E-state index contributed by atoms with van der Waals surface area (Å²) >= 11 is 0. The number of benzene rings is 2. The number of hydrogen-bond donors (Lipinski definition) is 1. The normalized spacial score (nSPS) is 10.6. The summed E-state index contributed by atoms with van der Waals surface area (Å²) in [6.07, 6.45) is 3.97. The Morgan fingerprint density at radius 2 is 1.69 bits per heavy atom. The van der Waals surface area contributed by atoms with Crippen LogP contribution in [-0.2, 0) is 6.42 Å². The predicted molar refractivity (Wildman–Crippen MR) is 102 cm³/mol. The highest BCUT2D eigenvalue weighted by molar-refractivity contribution is 5.83. The van der Waals surface area contributed by atoms with E-state index in [2.05, 4.69) is 16.0 Å². The molecule has 2 heterocycles. The number of pyridine rings is 2. The maximum Gasteiger partial charge on any atom is 0.193 e. The topological polar surface area (TPSA) is 69.5 Å². The maximum absolute atomic E-state index is 13.2. The van der Waals surface area contributed by atoms with Crippen molar-refractivity contribution in [3.63, 3.8) is 0 Å². The van der Waals surface area contributed by atoms with Gasteiger partial charge in [0.05, 0.1) is 17.3 Å². The van der Waals surface area contributed by atoms with Crippen molar-refractivity contribution in [2.24, 2.45) is 0 Å². The van der Waals surface area contributed by atoms with Crippen LogP contribution in [0.4, 0.5) is 0 Å². The third-order valence-electron chi connectivity index (χ3n) is 4.44. The van der Waals surface area contributed by atoms with E-state index in [0.29, 0.717) is 22.9 Å². The Labute approximate surface area is 150 Å². The summed E-state index contributed by atoms with van der Waals surface area (Å²) in [5.74, 6) is 0. The molecule has 0 radical (unpaired) electrons. The molecular formula is C22H15N3O. The second kappa shape index (κ2) is 6.66. The fourth-order valence-electron chi connectivity index (χ4n) is 3.11. The number of hydrogen-bond acceptors (Lipinski definition) is 3. The van der Waals surface area contributed by atoms with E-state index in [1.165, 1.54) is 0 Å². The van der Waals surface area contributed by atoms with Crippen molar-refractivity contribution in [2.45, 2.75) is 6.42 Å². The average molecular weight is 337 g/mol. The van der Waals surface area contributed by atoms with Gasteiger partial charge in [-0.25, -0.2) is 0 Å². The number of nitriles is 1. The second-order valence-corrected chi connectivity index (χ2v) is 6.07. The molecule has 0 unspecified atom stereocenters. The van der Waals surface area contributed by atoms with Gasteiger partial charge >= 0.3 is 0 Å². The van der Waals surface area contributed by atoms with E-state index in [4.69, 9.17) is 5.26 Å². The number of aromatic amines is 1. The molecule has 2 aromatic heterocycles. The number of nitrogens with one attached hydrogen (secondary N) is 1. The Bertz CT molecular complexity index is 1170. The number of rotatable bonds is 3. The minimum absolute atomic E-state index is 0.0236. The van der Waals surface area contributed by atoms with Crippen molar-refractivity contribution in [1.82, 2.24) is 9.97 Å². The van der Waals surface area contributed by atoms with E-state index in [0.717, 1.165) is 22.3 Å². The van der Waals surface area contributed by atoms with Crippen LogP contribution in [0.5, 0.6) is 0 Å². The monoisotopic (exact) mass is 337 g/mol. The fourth-order valence-corrected chi connectivity index (χ4v) is 3.11. The number of H-pyrrole nitrogens is 1. The molecule has 0 aliphatic heterocycles. The van der Waals surface area contributed by atoms with Crippen LogP contribution < -0.4 is 5.43 Å². The molecule has 0 spiro atoms. The van der Waals surface area contributed by atoms with Crippen molar-refractivity contribution >= 4 is 10.9 Å². The zero-order valence-corrected chi connectivity index (χ0v) is 13.9. The van der Waals surface area contributed by atoms with Gasteiger partial charge in [0, 0.05) is 35.3 Å². The summed E-state index contributed by atoms with van der Waals surface area (Å²) in [5, 5.41) is 9.70. The largest absolute Gasteiger partial charge is 0.354 e. The highest BCUT2D eigenvalue weighted by Gasteiger charge is 2.14. The van der Waals surface area contributed by atoms with Crippen molar-refractivity contribution in [3.05, 3.63) is 100.0 Å². The van der Waals surface area contributed by atoms with Crippen LogP contribution >= 0.6 is 0 Å². The second-order valence-electron chi connectivity index (χ2n) is 6.07. The van der Waals surface area contributed by atoms with E-state index in [-0.39, 0.29) is 5.43 Å². The molecule has 4 rings (SSSR count). The minimum Gasteiger partial charge on any atom is -0.354 e. The third-order valence-corrected chi connectivity index (χ3v) is 4.44. The van der Waals surface area contributed by atoms with Gasteiger partial charge in [-0.2, -0.15) is 5.26 Å². The van der Waals surface area contributed by atoms with Gasteiger partial charge in [-0.15, -0.1) is 0 Å². The van der Waals surface area contributed by atoms with Gasteiger partial charge in [-0.3, -0.25) is 9.78 Å². The van der Waals surface area contributed by atoms with E-state index in [1.807, 2.05) is 48.5 Å². The molecular weight excluding hydrogens is 322 g/mol. The fraction of sp³-hybridized carbons (Fsp3) is 0.0455. The molecule has 0 bridgehead atoms. The molecule has 4 heteroatoms. The third kappa shape index (κ3) is 2.87. The van der Waals surface area contributed by atoms with Gasteiger partial charge in [0.1, 0.15) is 0 Å². The van der Waals surface area contributed by atoms with Gasteiger partial charge in [0.2, 0.25) is 0 Å². The van der Waals surface area contributed by atoms with Crippen LogP contribution in [0.25, 0.3) is 22.2 Å². The average Bonchev–Trinajstić information content (AvgIpc) is 2.71. The number of fused-ring (bicyclic) bond motifs is 1. The number of nitrogens with zero attached hydrogens (tertiary/aromatic N) is 2. The summed E-state index contributed by atoms with van der Waals surface area (Å²) < 4.78 is 0. The first-order valence-corrected chi connectivity index (χ1v) is 8.29. The van der Waals surface area contributed by atoms with E-state index in [1.54, 1.807) is 24.5 Å². The molecule has 4 nitrogen and oxygen atoms in total. The lowest BCUT2D eigenvalue weighted by molar-refractivity contribution is 1.13. The molecule has 26 heavy (non-hydrogen) atoms. The minimum atomic E-state index is 0.0236. The zero-order valence-electron chi connectivity index (χ0n) is 13.9. The van der Waals surface area contributed by atoms with Crippen molar-refractivity contribution < 1.29 is 0 Å². The van der Waals surface area contributed by atoms with Crippen LogP contribution in [0.15, 0.2) is 77.9 Å². The first-order chi connectivity index (χ1) is 12.8. The van der Waals surface area contributed by atoms with Crippen molar-refractivity contribution in [3.8, 4) is 17.3 Å². The lowest BCUT2D eigenvalue weighted by Gasteiger charge is -2.12.